The SMILES string of the molecule is C[NH+](C)CCOc1ccc(/C=C(/C#N)C(=O)[O-])cc1Br. The van der Waals surface area contributed by atoms with Crippen molar-refractivity contribution in [3.63, 3.8) is 0 Å². The van der Waals surface area contributed by atoms with E-state index >= 15 is 0 Å². The quantitative estimate of drug-likeness (QED) is 0.567. The van der Waals surface area contributed by atoms with E-state index in [-0.39, 0.29) is 0 Å². The predicted molar refractivity (Wildman–Crippen MR) is 75.9 cm³/mol. The highest BCUT2D eigenvalue weighted by Crippen LogP contribution is 2.26. The maximum atomic E-state index is 10.7. The van der Waals surface area contributed by atoms with Crippen LogP contribution in [0.2, 0.25) is 0 Å². The summed E-state index contributed by atoms with van der Waals surface area (Å²) in [4.78, 5) is 11.9. The highest BCUT2D eigenvalue weighted by Gasteiger charge is 2.04. The molecule has 0 aliphatic carbocycles. The number of halogens is 1. The van der Waals surface area contributed by atoms with E-state index in [1.807, 2.05) is 14.1 Å². The number of ether oxygens (including phenoxy) is 1. The lowest BCUT2D eigenvalue weighted by Gasteiger charge is -2.11. The summed E-state index contributed by atoms with van der Waals surface area (Å²) in [5.41, 5.74) is 0.171. The first-order valence-corrected chi connectivity index (χ1v) is 6.78. The summed E-state index contributed by atoms with van der Waals surface area (Å²) < 4.78 is 6.30. The Balaban J connectivity index is 2.83. The zero-order valence-electron chi connectivity index (χ0n) is 11.3. The second kappa shape index (κ2) is 7.68. The molecular weight excluding hydrogens is 324 g/mol. The van der Waals surface area contributed by atoms with Gasteiger partial charge in [-0.25, -0.2) is 0 Å². The minimum atomic E-state index is -1.49. The third kappa shape index (κ3) is 5.03. The summed E-state index contributed by atoms with van der Waals surface area (Å²) in [6.45, 7) is 1.45. The number of quaternary nitrogens is 1. The number of carbonyl (C=O) groups is 1. The molecule has 0 fully saturated rings. The van der Waals surface area contributed by atoms with Gasteiger partial charge in [-0.3, -0.25) is 0 Å². The molecule has 0 atom stereocenters. The molecule has 0 aliphatic rings. The largest absolute Gasteiger partial charge is 0.544 e. The smallest absolute Gasteiger partial charge is 0.137 e. The van der Waals surface area contributed by atoms with Crippen molar-refractivity contribution in [2.75, 3.05) is 27.2 Å². The summed E-state index contributed by atoms with van der Waals surface area (Å²) in [7, 11) is 4.07. The van der Waals surface area contributed by atoms with Gasteiger partial charge < -0.3 is 19.5 Å². The zero-order chi connectivity index (χ0) is 15.1. The fourth-order valence-electron chi connectivity index (χ4n) is 1.39. The van der Waals surface area contributed by atoms with Crippen LogP contribution in [0.5, 0.6) is 5.75 Å². The Morgan fingerprint density at radius 3 is 2.75 bits per heavy atom. The van der Waals surface area contributed by atoms with Crippen LogP contribution in [0.4, 0.5) is 0 Å². The normalized spacial score (nSPS) is 11.2. The van der Waals surface area contributed by atoms with Crippen molar-refractivity contribution in [3.8, 4) is 11.8 Å². The van der Waals surface area contributed by atoms with Crippen molar-refractivity contribution in [3.05, 3.63) is 33.8 Å². The van der Waals surface area contributed by atoms with E-state index < -0.39 is 11.5 Å². The number of carboxylic acid groups (broad SMARTS) is 1. The molecule has 106 valence electrons. The number of likely N-dealkylation sites (N-methyl/N-ethyl adjacent to an activating group) is 1. The lowest BCUT2D eigenvalue weighted by molar-refractivity contribution is -0.858. The maximum absolute atomic E-state index is 10.7. The monoisotopic (exact) mass is 338 g/mol. The van der Waals surface area contributed by atoms with E-state index in [2.05, 4.69) is 15.9 Å². The molecule has 0 aliphatic heterocycles. The van der Waals surface area contributed by atoms with Gasteiger partial charge in [0.15, 0.2) is 0 Å². The van der Waals surface area contributed by atoms with Gasteiger partial charge in [0, 0.05) is 0 Å². The van der Waals surface area contributed by atoms with Crippen molar-refractivity contribution in [1.82, 2.24) is 0 Å². The second-order valence-corrected chi connectivity index (χ2v) is 5.31. The first-order chi connectivity index (χ1) is 9.43. The molecule has 0 heterocycles. The van der Waals surface area contributed by atoms with Crippen molar-refractivity contribution < 1.29 is 19.5 Å². The molecule has 0 radical (unpaired) electrons. The fraction of sp³-hybridized carbons (Fsp3) is 0.286. The third-order valence-corrected chi connectivity index (χ3v) is 3.09. The molecule has 0 aromatic heterocycles. The first kappa shape index (κ1) is 16.2. The molecule has 1 aromatic carbocycles. The number of carboxylic acids is 1. The number of hydrogen-bond acceptors (Lipinski definition) is 4. The van der Waals surface area contributed by atoms with E-state index in [0.717, 1.165) is 6.54 Å². The first-order valence-electron chi connectivity index (χ1n) is 5.98. The molecule has 0 saturated carbocycles. The highest BCUT2D eigenvalue weighted by atomic mass is 79.9. The summed E-state index contributed by atoms with van der Waals surface area (Å²) >= 11 is 3.36. The lowest BCUT2D eigenvalue weighted by atomic mass is 10.1. The molecule has 0 bridgehead atoms. The van der Waals surface area contributed by atoms with Gasteiger partial charge in [-0.15, -0.1) is 0 Å². The number of benzene rings is 1. The van der Waals surface area contributed by atoms with Gasteiger partial charge in [0.25, 0.3) is 0 Å². The molecule has 1 aromatic rings. The molecule has 1 N–H and O–H groups in total. The fourth-order valence-corrected chi connectivity index (χ4v) is 1.90. The molecule has 1 rings (SSSR count). The lowest BCUT2D eigenvalue weighted by Crippen LogP contribution is -3.06. The van der Waals surface area contributed by atoms with Gasteiger partial charge in [0.2, 0.25) is 0 Å². The summed E-state index contributed by atoms with van der Waals surface area (Å²) in [6, 6.07) is 6.68. The van der Waals surface area contributed by atoms with Crippen molar-refractivity contribution in [2.45, 2.75) is 0 Å². The summed E-state index contributed by atoms with van der Waals surface area (Å²) in [5, 5.41) is 19.3. The van der Waals surface area contributed by atoms with Gasteiger partial charge in [0.05, 0.1) is 30.1 Å². The Bertz CT molecular complexity index is 562. The third-order valence-electron chi connectivity index (χ3n) is 2.47. The van der Waals surface area contributed by atoms with Gasteiger partial charge in [-0.1, -0.05) is 6.07 Å². The number of nitrogens with one attached hydrogen (secondary N) is 1. The average molecular weight is 339 g/mol. The van der Waals surface area contributed by atoms with Crippen LogP contribution in [0.15, 0.2) is 28.2 Å². The molecule has 5 nitrogen and oxygen atoms in total. The standard InChI is InChI=1S/C14H15BrN2O3/c1-17(2)5-6-20-13-4-3-10(8-12(13)15)7-11(9-16)14(18)19/h3-4,7-8H,5-6H2,1-2H3,(H,18,19)/b11-7-. The van der Waals surface area contributed by atoms with Crippen molar-refractivity contribution in [2.24, 2.45) is 0 Å². The van der Waals surface area contributed by atoms with E-state index in [1.54, 1.807) is 24.3 Å². The van der Waals surface area contributed by atoms with Crippen molar-refractivity contribution in [1.29, 1.82) is 5.26 Å². The van der Waals surface area contributed by atoms with Crippen LogP contribution >= 0.6 is 15.9 Å². The number of carbonyl (C=O) groups excluding carboxylic acids is 1. The Morgan fingerprint density at radius 1 is 1.55 bits per heavy atom. The minimum Gasteiger partial charge on any atom is -0.544 e. The van der Waals surface area contributed by atoms with Gasteiger partial charge in [-0.05, 0) is 39.7 Å². The van der Waals surface area contributed by atoms with E-state index in [1.165, 1.54) is 11.0 Å². The summed E-state index contributed by atoms with van der Waals surface area (Å²) in [6.07, 6.45) is 1.26. The van der Waals surface area contributed by atoms with Crippen LogP contribution in [0, 0.1) is 11.3 Å². The highest BCUT2D eigenvalue weighted by molar-refractivity contribution is 9.10. The van der Waals surface area contributed by atoms with Crippen molar-refractivity contribution >= 4 is 28.0 Å². The molecule has 0 amide bonds. The Kier molecular flexibility index (Phi) is 6.22. The number of aliphatic carboxylic acids is 1. The zero-order valence-corrected chi connectivity index (χ0v) is 12.9. The Labute approximate surface area is 126 Å². The van der Waals surface area contributed by atoms with Crippen LogP contribution in [0.25, 0.3) is 6.08 Å². The number of rotatable bonds is 6. The van der Waals surface area contributed by atoms with Crippen LogP contribution in [-0.4, -0.2) is 33.2 Å². The van der Waals surface area contributed by atoms with Gasteiger partial charge in [-0.2, -0.15) is 5.26 Å². The second-order valence-electron chi connectivity index (χ2n) is 4.45. The van der Waals surface area contributed by atoms with Crippen LogP contribution in [0.1, 0.15) is 5.56 Å². The molecule has 20 heavy (non-hydrogen) atoms. The number of hydrogen-bond donors (Lipinski definition) is 1. The van der Waals surface area contributed by atoms with E-state index in [0.29, 0.717) is 22.4 Å². The Hall–Kier alpha value is -1.84. The molecule has 0 saturated heterocycles. The Morgan fingerprint density at radius 2 is 2.25 bits per heavy atom. The van der Waals surface area contributed by atoms with Gasteiger partial charge >= 0.3 is 0 Å². The maximum Gasteiger partial charge on any atom is 0.137 e. The molecule has 6 heteroatoms. The van der Waals surface area contributed by atoms with E-state index in [9.17, 15) is 9.90 Å². The van der Waals surface area contributed by atoms with Crippen LogP contribution in [-0.2, 0) is 4.79 Å². The minimum absolute atomic E-state index is 0.415. The van der Waals surface area contributed by atoms with Gasteiger partial charge in [0.1, 0.15) is 25.0 Å². The average Bonchev–Trinajstić information content (AvgIpc) is 2.37. The van der Waals surface area contributed by atoms with Crippen LogP contribution < -0.4 is 14.7 Å². The van der Waals surface area contributed by atoms with E-state index in [4.69, 9.17) is 10.00 Å². The molecule has 0 spiro atoms. The summed E-state index contributed by atoms with van der Waals surface area (Å²) in [5.74, 6) is -0.812. The molecular formula is C14H15BrN2O3. The number of nitriles is 1. The molecule has 0 unspecified atom stereocenters. The van der Waals surface area contributed by atoms with Crippen LogP contribution in [0.3, 0.4) is 0 Å². The topological polar surface area (TPSA) is 77.6 Å². The number of nitrogens with zero attached hydrogens (tertiary/aromatic N) is 1. The predicted octanol–water partition coefficient (Wildman–Crippen LogP) is -0.371.